The Balaban J connectivity index is 2.11. The van der Waals surface area contributed by atoms with Crippen molar-refractivity contribution in [3.8, 4) is 0 Å². The van der Waals surface area contributed by atoms with Gasteiger partial charge in [0.2, 0.25) is 5.91 Å². The van der Waals surface area contributed by atoms with Crippen LogP contribution in [0.25, 0.3) is 0 Å². The molecule has 1 saturated carbocycles. The lowest BCUT2D eigenvalue weighted by Crippen LogP contribution is -2.41. The van der Waals surface area contributed by atoms with E-state index in [1.165, 1.54) is 0 Å². The summed E-state index contributed by atoms with van der Waals surface area (Å²) in [6, 6.07) is -0.0691. The van der Waals surface area contributed by atoms with E-state index in [1.54, 1.807) is 11.8 Å². The van der Waals surface area contributed by atoms with Gasteiger partial charge in [-0.1, -0.05) is 20.8 Å². The van der Waals surface area contributed by atoms with Crippen LogP contribution in [0.4, 0.5) is 4.79 Å². The molecule has 16 heavy (non-hydrogen) atoms. The second-order valence-electron chi connectivity index (χ2n) is 4.56. The van der Waals surface area contributed by atoms with Gasteiger partial charge in [0.15, 0.2) is 0 Å². The van der Waals surface area contributed by atoms with Crippen LogP contribution in [0.3, 0.4) is 0 Å². The summed E-state index contributed by atoms with van der Waals surface area (Å²) in [6.45, 7) is 6.33. The molecule has 0 unspecified atom stereocenters. The Morgan fingerprint density at radius 1 is 1.31 bits per heavy atom. The maximum Gasteiger partial charge on any atom is 0.321 e. The molecule has 0 heterocycles. The minimum Gasteiger partial charge on any atom is -0.335 e. The topological polar surface area (TPSA) is 58.2 Å². The van der Waals surface area contributed by atoms with Crippen LogP contribution < -0.4 is 10.6 Å². The van der Waals surface area contributed by atoms with E-state index in [1.807, 2.05) is 0 Å². The molecular formula is C11H20N2O2S. The summed E-state index contributed by atoms with van der Waals surface area (Å²) in [7, 11) is 0. The van der Waals surface area contributed by atoms with Crippen molar-refractivity contribution in [2.24, 2.45) is 5.92 Å². The average molecular weight is 244 g/mol. The van der Waals surface area contributed by atoms with Crippen LogP contribution in [0.5, 0.6) is 0 Å². The first-order chi connectivity index (χ1) is 7.49. The molecule has 3 amide bonds. The van der Waals surface area contributed by atoms with Gasteiger partial charge in [-0.05, 0) is 18.8 Å². The zero-order valence-electron chi connectivity index (χ0n) is 10.1. The third-order valence-electron chi connectivity index (χ3n) is 2.58. The molecule has 0 spiro atoms. The Morgan fingerprint density at radius 3 is 2.44 bits per heavy atom. The van der Waals surface area contributed by atoms with Crippen molar-refractivity contribution in [3.05, 3.63) is 0 Å². The third-order valence-corrected chi connectivity index (χ3v) is 4.08. The number of hydrogen-bond acceptors (Lipinski definition) is 3. The molecule has 1 aliphatic carbocycles. The van der Waals surface area contributed by atoms with Crippen LogP contribution in [0.2, 0.25) is 0 Å². The number of carbonyl (C=O) groups is 2. The summed E-state index contributed by atoms with van der Waals surface area (Å²) in [4.78, 5) is 22.6. The van der Waals surface area contributed by atoms with Crippen molar-refractivity contribution in [2.45, 2.75) is 44.9 Å². The highest BCUT2D eigenvalue weighted by molar-refractivity contribution is 8.00. The molecule has 1 rings (SSSR count). The van der Waals surface area contributed by atoms with Crippen LogP contribution >= 0.6 is 11.8 Å². The molecule has 1 atom stereocenters. The number of nitrogens with one attached hydrogen (secondary N) is 2. The monoisotopic (exact) mass is 244 g/mol. The van der Waals surface area contributed by atoms with E-state index in [9.17, 15) is 9.59 Å². The molecule has 0 saturated heterocycles. The second-order valence-corrected chi connectivity index (χ2v) is 5.92. The predicted octanol–water partition coefficient (Wildman–Crippen LogP) is 1.75. The Bertz CT molecular complexity index is 265. The van der Waals surface area contributed by atoms with Crippen LogP contribution in [0, 0.1) is 5.92 Å². The van der Waals surface area contributed by atoms with E-state index in [4.69, 9.17) is 0 Å². The van der Waals surface area contributed by atoms with Crippen LogP contribution in [0.15, 0.2) is 0 Å². The minimum absolute atomic E-state index is 0.212. The molecule has 0 aliphatic heterocycles. The van der Waals surface area contributed by atoms with Crippen LogP contribution in [-0.4, -0.2) is 29.0 Å². The van der Waals surface area contributed by atoms with Crippen molar-refractivity contribution in [2.75, 3.05) is 5.75 Å². The molecule has 0 aromatic rings. The van der Waals surface area contributed by atoms with Gasteiger partial charge >= 0.3 is 6.03 Å². The van der Waals surface area contributed by atoms with Gasteiger partial charge in [0, 0.05) is 11.3 Å². The molecule has 1 fully saturated rings. The summed E-state index contributed by atoms with van der Waals surface area (Å²) in [5, 5.41) is 5.48. The first kappa shape index (κ1) is 13.4. The van der Waals surface area contributed by atoms with Crippen molar-refractivity contribution >= 4 is 23.7 Å². The molecular weight excluding hydrogens is 224 g/mol. The summed E-state index contributed by atoms with van der Waals surface area (Å²) in [6.07, 6.45) is 2.06. The molecule has 1 aliphatic rings. The van der Waals surface area contributed by atoms with Gasteiger partial charge < -0.3 is 5.32 Å². The first-order valence-electron chi connectivity index (χ1n) is 5.71. The number of hydrogen-bond donors (Lipinski definition) is 2. The highest BCUT2D eigenvalue weighted by Gasteiger charge is 2.23. The molecule has 2 N–H and O–H groups in total. The highest BCUT2D eigenvalue weighted by atomic mass is 32.2. The fourth-order valence-corrected chi connectivity index (χ4v) is 1.88. The summed E-state index contributed by atoms with van der Waals surface area (Å²) in [5.41, 5.74) is 0. The second kappa shape index (κ2) is 6.13. The van der Waals surface area contributed by atoms with E-state index < -0.39 is 0 Å². The van der Waals surface area contributed by atoms with Gasteiger partial charge in [-0.15, -0.1) is 11.8 Å². The Labute approximate surface area is 101 Å². The van der Waals surface area contributed by atoms with Crippen molar-refractivity contribution in [1.29, 1.82) is 0 Å². The largest absolute Gasteiger partial charge is 0.335 e. The van der Waals surface area contributed by atoms with Gasteiger partial charge in [-0.25, -0.2) is 4.79 Å². The number of carbonyl (C=O) groups excluding carboxylic acids is 2. The van der Waals surface area contributed by atoms with Crippen molar-refractivity contribution in [1.82, 2.24) is 10.6 Å². The zero-order chi connectivity index (χ0) is 12.1. The quantitative estimate of drug-likeness (QED) is 0.774. The van der Waals surface area contributed by atoms with Gasteiger partial charge in [-0.2, -0.15) is 0 Å². The van der Waals surface area contributed by atoms with Crippen molar-refractivity contribution < 1.29 is 9.59 Å². The van der Waals surface area contributed by atoms with E-state index in [-0.39, 0.29) is 18.0 Å². The summed E-state index contributed by atoms with van der Waals surface area (Å²) < 4.78 is 0. The lowest BCUT2D eigenvalue weighted by Gasteiger charge is -2.14. The highest BCUT2D eigenvalue weighted by Crippen LogP contribution is 2.19. The van der Waals surface area contributed by atoms with E-state index >= 15 is 0 Å². The predicted molar refractivity (Wildman–Crippen MR) is 66.5 cm³/mol. The standard InChI is InChI=1S/C11H20N2O2S/c1-7(2)8(3)16-6-10(14)13-11(15)12-9-4-5-9/h7-9H,4-6H2,1-3H3,(H2,12,13,14,15)/t8-/m1/s1. The fourth-order valence-electron chi connectivity index (χ4n) is 1.01. The van der Waals surface area contributed by atoms with Gasteiger partial charge in [0.05, 0.1) is 5.75 Å². The van der Waals surface area contributed by atoms with E-state index in [0.717, 1.165) is 12.8 Å². The molecule has 0 bridgehead atoms. The maximum absolute atomic E-state index is 11.4. The van der Waals surface area contributed by atoms with Gasteiger partial charge in [-0.3, -0.25) is 10.1 Å². The lowest BCUT2D eigenvalue weighted by molar-refractivity contribution is -0.117. The third kappa shape index (κ3) is 5.39. The van der Waals surface area contributed by atoms with Crippen molar-refractivity contribution in [3.63, 3.8) is 0 Å². The van der Waals surface area contributed by atoms with Crippen LogP contribution in [-0.2, 0) is 4.79 Å². The Hall–Kier alpha value is -0.710. The molecule has 5 heteroatoms. The number of thioether (sulfide) groups is 1. The molecule has 0 aromatic heterocycles. The Morgan fingerprint density at radius 2 is 1.94 bits per heavy atom. The molecule has 4 nitrogen and oxygen atoms in total. The smallest absolute Gasteiger partial charge is 0.321 e. The summed E-state index contributed by atoms with van der Waals surface area (Å²) >= 11 is 1.58. The van der Waals surface area contributed by atoms with E-state index in [2.05, 4.69) is 31.4 Å². The Kier molecular flexibility index (Phi) is 5.12. The molecule has 0 aromatic carbocycles. The number of urea groups is 1. The molecule has 0 radical (unpaired) electrons. The fraction of sp³-hybridized carbons (Fsp3) is 0.818. The SMILES string of the molecule is CC(C)[C@@H](C)SCC(=O)NC(=O)NC1CC1. The first-order valence-corrected chi connectivity index (χ1v) is 6.76. The zero-order valence-corrected chi connectivity index (χ0v) is 10.9. The number of amides is 3. The normalized spacial score (nSPS) is 17.0. The lowest BCUT2D eigenvalue weighted by atomic mass is 10.2. The van der Waals surface area contributed by atoms with E-state index in [0.29, 0.717) is 16.9 Å². The summed E-state index contributed by atoms with van der Waals surface area (Å²) in [5.74, 6) is 0.672. The van der Waals surface area contributed by atoms with Gasteiger partial charge in [0.1, 0.15) is 0 Å². The van der Waals surface area contributed by atoms with Gasteiger partial charge in [0.25, 0.3) is 0 Å². The average Bonchev–Trinajstić information content (AvgIpc) is 2.97. The maximum atomic E-state index is 11.4. The number of rotatable bonds is 5. The minimum atomic E-state index is -0.356. The van der Waals surface area contributed by atoms with Crippen LogP contribution in [0.1, 0.15) is 33.6 Å². The number of imide groups is 1. The molecule has 92 valence electrons.